The summed E-state index contributed by atoms with van der Waals surface area (Å²) in [7, 11) is 0. The molecule has 4 heteroatoms. The zero-order chi connectivity index (χ0) is 13.7. The molecule has 0 saturated carbocycles. The van der Waals surface area contributed by atoms with E-state index < -0.39 is 0 Å². The van der Waals surface area contributed by atoms with E-state index in [1.54, 1.807) is 12.1 Å². The Hall–Kier alpha value is -1.26. The van der Waals surface area contributed by atoms with Crippen LogP contribution in [-0.4, -0.2) is 43.0 Å². The molecule has 1 fully saturated rings. The fourth-order valence-electron chi connectivity index (χ4n) is 2.43. The number of rotatable bonds is 5. The summed E-state index contributed by atoms with van der Waals surface area (Å²) in [6.07, 6.45) is 2.25. The molecule has 0 N–H and O–H groups in total. The lowest BCUT2D eigenvalue weighted by atomic mass is 10.1. The molecule has 2 rings (SSSR count). The summed E-state index contributed by atoms with van der Waals surface area (Å²) < 4.78 is 18.6. The first-order chi connectivity index (χ1) is 9.19. The number of halogens is 1. The van der Waals surface area contributed by atoms with Crippen molar-refractivity contribution in [3.8, 4) is 0 Å². The highest BCUT2D eigenvalue weighted by Gasteiger charge is 2.21. The molecular formula is C15H20FNO2. The number of likely N-dealkylation sites (tertiary alicyclic amines) is 1. The Balaban J connectivity index is 1.84. The van der Waals surface area contributed by atoms with Crippen LogP contribution in [0.25, 0.3) is 0 Å². The zero-order valence-electron chi connectivity index (χ0n) is 11.3. The van der Waals surface area contributed by atoms with Crippen molar-refractivity contribution < 1.29 is 13.9 Å². The molecule has 1 heterocycles. The smallest absolute Gasteiger partial charge is 0.176 e. The minimum atomic E-state index is -0.360. The number of piperidine rings is 1. The summed E-state index contributed by atoms with van der Waals surface area (Å²) in [5, 5.41) is 0. The van der Waals surface area contributed by atoms with Crippen molar-refractivity contribution >= 4 is 5.78 Å². The topological polar surface area (TPSA) is 29.5 Å². The van der Waals surface area contributed by atoms with Crippen molar-refractivity contribution in [3.63, 3.8) is 0 Å². The highest BCUT2D eigenvalue weighted by atomic mass is 19.1. The van der Waals surface area contributed by atoms with Gasteiger partial charge in [0.25, 0.3) is 0 Å². The largest absolute Gasteiger partial charge is 0.378 e. The van der Waals surface area contributed by atoms with E-state index in [2.05, 4.69) is 4.90 Å². The summed E-state index contributed by atoms with van der Waals surface area (Å²) in [6.45, 7) is 4.84. The Morgan fingerprint density at radius 2 is 2.16 bits per heavy atom. The van der Waals surface area contributed by atoms with Gasteiger partial charge in [-0.3, -0.25) is 9.69 Å². The molecule has 1 saturated heterocycles. The summed E-state index contributed by atoms with van der Waals surface area (Å²) in [4.78, 5) is 14.1. The van der Waals surface area contributed by atoms with Crippen LogP contribution in [0, 0.1) is 5.82 Å². The minimum Gasteiger partial charge on any atom is -0.378 e. The van der Waals surface area contributed by atoms with Crippen LogP contribution in [0.5, 0.6) is 0 Å². The number of Topliss-reactive ketones (excluding diaryl/α,β-unsaturated/α-hetero) is 1. The lowest BCUT2D eigenvalue weighted by Gasteiger charge is -2.31. The van der Waals surface area contributed by atoms with E-state index in [1.807, 2.05) is 6.92 Å². The first-order valence-corrected chi connectivity index (χ1v) is 6.81. The molecule has 0 radical (unpaired) electrons. The lowest BCUT2D eigenvalue weighted by Crippen LogP contribution is -2.39. The van der Waals surface area contributed by atoms with Gasteiger partial charge in [0.15, 0.2) is 5.78 Å². The van der Waals surface area contributed by atoms with E-state index >= 15 is 0 Å². The van der Waals surface area contributed by atoms with Gasteiger partial charge >= 0.3 is 0 Å². The molecule has 19 heavy (non-hydrogen) atoms. The van der Waals surface area contributed by atoms with Crippen LogP contribution >= 0.6 is 0 Å². The van der Waals surface area contributed by atoms with Gasteiger partial charge in [-0.25, -0.2) is 4.39 Å². The second-order valence-electron chi connectivity index (χ2n) is 4.86. The molecule has 1 aromatic rings. The van der Waals surface area contributed by atoms with Crippen molar-refractivity contribution in [3.05, 3.63) is 35.6 Å². The highest BCUT2D eigenvalue weighted by Crippen LogP contribution is 2.14. The standard InChI is InChI=1S/C15H20FNO2/c1-2-19-14-6-8-17(9-7-14)11-15(18)12-4-3-5-13(16)10-12/h3-5,10,14H,2,6-9,11H2,1H3. The van der Waals surface area contributed by atoms with Crippen LogP contribution < -0.4 is 0 Å². The highest BCUT2D eigenvalue weighted by molar-refractivity contribution is 5.97. The van der Waals surface area contributed by atoms with Gasteiger partial charge in [-0.05, 0) is 31.9 Å². The Kier molecular flexibility index (Phi) is 5.05. The molecular weight excluding hydrogens is 245 g/mol. The second kappa shape index (κ2) is 6.78. The predicted molar refractivity (Wildman–Crippen MR) is 71.8 cm³/mol. The maximum Gasteiger partial charge on any atom is 0.176 e. The fraction of sp³-hybridized carbons (Fsp3) is 0.533. The Morgan fingerprint density at radius 3 is 2.79 bits per heavy atom. The van der Waals surface area contributed by atoms with Crippen molar-refractivity contribution in [2.75, 3.05) is 26.2 Å². The van der Waals surface area contributed by atoms with Crippen molar-refractivity contribution in [2.45, 2.75) is 25.9 Å². The maximum absolute atomic E-state index is 13.1. The van der Waals surface area contributed by atoms with Crippen LogP contribution in [0.1, 0.15) is 30.1 Å². The molecule has 0 bridgehead atoms. The average molecular weight is 265 g/mol. The van der Waals surface area contributed by atoms with E-state index in [9.17, 15) is 9.18 Å². The maximum atomic E-state index is 13.1. The predicted octanol–water partition coefficient (Wildman–Crippen LogP) is 2.51. The normalized spacial score (nSPS) is 17.6. The second-order valence-corrected chi connectivity index (χ2v) is 4.86. The first-order valence-electron chi connectivity index (χ1n) is 6.81. The van der Waals surface area contributed by atoms with Gasteiger partial charge in [-0.15, -0.1) is 0 Å². The van der Waals surface area contributed by atoms with E-state index in [4.69, 9.17) is 4.74 Å². The third-order valence-corrected chi connectivity index (χ3v) is 3.45. The third-order valence-electron chi connectivity index (χ3n) is 3.45. The lowest BCUT2D eigenvalue weighted by molar-refractivity contribution is 0.0147. The molecule has 1 aliphatic rings. The van der Waals surface area contributed by atoms with E-state index in [1.165, 1.54) is 12.1 Å². The summed E-state index contributed by atoms with van der Waals surface area (Å²) in [5.74, 6) is -0.379. The van der Waals surface area contributed by atoms with E-state index in [0.29, 0.717) is 18.2 Å². The van der Waals surface area contributed by atoms with Crippen molar-refractivity contribution in [1.29, 1.82) is 0 Å². The van der Waals surface area contributed by atoms with Gasteiger partial charge in [0, 0.05) is 25.3 Å². The number of ether oxygens (including phenoxy) is 1. The third kappa shape index (κ3) is 4.11. The van der Waals surface area contributed by atoms with Crippen LogP contribution in [0.2, 0.25) is 0 Å². The SMILES string of the molecule is CCOC1CCN(CC(=O)c2cccc(F)c2)CC1. The monoisotopic (exact) mass is 265 g/mol. The van der Waals surface area contributed by atoms with E-state index in [-0.39, 0.29) is 11.6 Å². The van der Waals surface area contributed by atoms with Gasteiger partial charge in [0.1, 0.15) is 5.82 Å². The molecule has 1 aromatic carbocycles. The molecule has 0 aromatic heterocycles. The Bertz CT molecular complexity index is 428. The van der Waals surface area contributed by atoms with E-state index in [0.717, 1.165) is 32.5 Å². The number of carbonyl (C=O) groups excluding carboxylic acids is 1. The summed E-state index contributed by atoms with van der Waals surface area (Å²) >= 11 is 0. The molecule has 0 spiro atoms. The Labute approximate surface area is 113 Å². The molecule has 3 nitrogen and oxygen atoms in total. The first kappa shape index (κ1) is 14.2. The summed E-state index contributed by atoms with van der Waals surface area (Å²) in [6, 6.07) is 5.89. The zero-order valence-corrected chi connectivity index (χ0v) is 11.3. The van der Waals surface area contributed by atoms with Gasteiger partial charge in [-0.2, -0.15) is 0 Å². The van der Waals surface area contributed by atoms with Gasteiger partial charge in [0.2, 0.25) is 0 Å². The van der Waals surface area contributed by atoms with Crippen LogP contribution in [-0.2, 0) is 4.74 Å². The molecule has 0 atom stereocenters. The van der Waals surface area contributed by atoms with Gasteiger partial charge in [-0.1, -0.05) is 12.1 Å². The number of benzene rings is 1. The number of ketones is 1. The summed E-state index contributed by atoms with van der Waals surface area (Å²) in [5.41, 5.74) is 0.451. The minimum absolute atomic E-state index is 0.0191. The quantitative estimate of drug-likeness (QED) is 0.766. The molecule has 0 amide bonds. The molecule has 0 unspecified atom stereocenters. The molecule has 0 aliphatic carbocycles. The fourth-order valence-corrected chi connectivity index (χ4v) is 2.43. The Morgan fingerprint density at radius 1 is 1.42 bits per heavy atom. The molecule has 104 valence electrons. The number of carbonyl (C=O) groups is 1. The van der Waals surface area contributed by atoms with Crippen LogP contribution in [0.15, 0.2) is 24.3 Å². The van der Waals surface area contributed by atoms with Crippen LogP contribution in [0.3, 0.4) is 0 Å². The van der Waals surface area contributed by atoms with Crippen molar-refractivity contribution in [2.24, 2.45) is 0 Å². The number of hydrogen-bond acceptors (Lipinski definition) is 3. The number of nitrogens with zero attached hydrogens (tertiary/aromatic N) is 1. The van der Waals surface area contributed by atoms with Gasteiger partial charge in [0.05, 0.1) is 12.6 Å². The van der Waals surface area contributed by atoms with Gasteiger partial charge < -0.3 is 4.74 Å². The molecule has 1 aliphatic heterocycles. The number of hydrogen-bond donors (Lipinski definition) is 0. The van der Waals surface area contributed by atoms with Crippen LogP contribution in [0.4, 0.5) is 4.39 Å². The average Bonchev–Trinajstić information content (AvgIpc) is 2.41. The van der Waals surface area contributed by atoms with Crippen molar-refractivity contribution in [1.82, 2.24) is 4.90 Å².